The zero-order valence-electron chi connectivity index (χ0n) is 19.0. The molecule has 2 rings (SSSR count). The van der Waals surface area contributed by atoms with Crippen LogP contribution in [0.15, 0.2) is 53.4 Å². The first-order valence-electron chi connectivity index (χ1n) is 9.85. The van der Waals surface area contributed by atoms with Gasteiger partial charge in [-0.2, -0.15) is 5.06 Å². The van der Waals surface area contributed by atoms with E-state index in [4.69, 9.17) is 25.7 Å². The van der Waals surface area contributed by atoms with E-state index < -0.39 is 27.8 Å². The minimum Gasteiger partial charge on any atom is -0.442 e. The summed E-state index contributed by atoms with van der Waals surface area (Å²) in [6.45, 7) is 6.85. The van der Waals surface area contributed by atoms with E-state index in [0.29, 0.717) is 16.3 Å². The SMILES string of the molecule is CO[B]ON(C(=O)OC(C)(C)C)C(C)C#Cc1ccc(S(=O)(=O)Nc2ccc(Cl)cc2)cc1. The van der Waals surface area contributed by atoms with Gasteiger partial charge in [0.1, 0.15) is 11.6 Å². The summed E-state index contributed by atoms with van der Waals surface area (Å²) >= 11 is 5.82. The summed E-state index contributed by atoms with van der Waals surface area (Å²) in [6, 6.07) is 11.6. The van der Waals surface area contributed by atoms with Gasteiger partial charge in [-0.25, -0.2) is 13.2 Å². The van der Waals surface area contributed by atoms with Gasteiger partial charge in [0.2, 0.25) is 0 Å². The summed E-state index contributed by atoms with van der Waals surface area (Å²) in [5, 5.41) is 1.45. The number of amides is 1. The molecule has 0 fully saturated rings. The van der Waals surface area contributed by atoms with Crippen molar-refractivity contribution in [3.8, 4) is 11.8 Å². The summed E-state index contributed by atoms with van der Waals surface area (Å²) in [6.07, 6.45) is -0.729. The number of carbonyl (C=O) groups is 1. The van der Waals surface area contributed by atoms with Crippen LogP contribution in [0.5, 0.6) is 0 Å². The molecule has 11 heteroatoms. The van der Waals surface area contributed by atoms with Crippen LogP contribution in [-0.4, -0.2) is 46.0 Å². The van der Waals surface area contributed by atoms with E-state index in [0.717, 1.165) is 12.7 Å². The van der Waals surface area contributed by atoms with Gasteiger partial charge in [0.15, 0.2) is 0 Å². The Morgan fingerprint density at radius 2 is 1.73 bits per heavy atom. The average molecular weight is 492 g/mol. The molecule has 2 aromatic carbocycles. The van der Waals surface area contributed by atoms with Gasteiger partial charge in [0.25, 0.3) is 10.0 Å². The molecule has 0 heterocycles. The molecule has 0 aliphatic carbocycles. The van der Waals surface area contributed by atoms with Gasteiger partial charge in [-0.1, -0.05) is 23.4 Å². The monoisotopic (exact) mass is 491 g/mol. The Morgan fingerprint density at radius 3 is 2.27 bits per heavy atom. The summed E-state index contributed by atoms with van der Waals surface area (Å²) in [5.74, 6) is 5.76. The van der Waals surface area contributed by atoms with Gasteiger partial charge in [-0.05, 0) is 76.2 Å². The molecule has 1 radical (unpaired) electrons. The highest BCUT2D eigenvalue weighted by atomic mass is 35.5. The largest absolute Gasteiger partial charge is 0.514 e. The summed E-state index contributed by atoms with van der Waals surface area (Å²) in [5.41, 5.74) is 0.222. The van der Waals surface area contributed by atoms with Crippen LogP contribution < -0.4 is 4.72 Å². The molecule has 33 heavy (non-hydrogen) atoms. The number of ether oxygens (including phenoxy) is 1. The van der Waals surface area contributed by atoms with Crippen LogP contribution in [0.25, 0.3) is 0 Å². The van der Waals surface area contributed by atoms with Crippen molar-refractivity contribution in [1.82, 2.24) is 5.06 Å². The van der Waals surface area contributed by atoms with Crippen LogP contribution in [0.2, 0.25) is 5.02 Å². The second-order valence-electron chi connectivity index (χ2n) is 7.83. The predicted molar refractivity (Wildman–Crippen MR) is 127 cm³/mol. The highest BCUT2D eigenvalue weighted by molar-refractivity contribution is 7.92. The Bertz CT molecular complexity index is 1110. The van der Waals surface area contributed by atoms with Crippen molar-refractivity contribution >= 4 is 41.1 Å². The molecule has 1 atom stereocenters. The third-order valence-electron chi connectivity index (χ3n) is 3.86. The zero-order valence-corrected chi connectivity index (χ0v) is 20.5. The number of hydrogen-bond donors (Lipinski definition) is 1. The Labute approximate surface area is 200 Å². The number of halogens is 1. The molecule has 1 N–H and O–H groups in total. The zero-order chi connectivity index (χ0) is 24.6. The molecule has 1 amide bonds. The fourth-order valence-corrected chi connectivity index (χ4v) is 3.57. The molecule has 0 aliphatic rings. The van der Waals surface area contributed by atoms with Crippen molar-refractivity contribution in [2.24, 2.45) is 0 Å². The first kappa shape index (κ1) is 26.5. The third kappa shape index (κ3) is 8.63. The van der Waals surface area contributed by atoms with Crippen LogP contribution in [-0.2, 0) is 24.2 Å². The van der Waals surface area contributed by atoms with Gasteiger partial charge in [-0.15, -0.1) is 0 Å². The van der Waals surface area contributed by atoms with Crippen molar-refractivity contribution in [3.05, 3.63) is 59.1 Å². The maximum atomic E-state index is 12.6. The van der Waals surface area contributed by atoms with E-state index in [1.54, 1.807) is 64.1 Å². The second kappa shape index (κ2) is 11.4. The van der Waals surface area contributed by atoms with Gasteiger partial charge < -0.3 is 9.39 Å². The fraction of sp³-hybridized carbons (Fsp3) is 0.318. The van der Waals surface area contributed by atoms with Crippen LogP contribution in [0, 0.1) is 11.8 Å². The Morgan fingerprint density at radius 1 is 1.12 bits per heavy atom. The smallest absolute Gasteiger partial charge is 0.442 e. The predicted octanol–water partition coefficient (Wildman–Crippen LogP) is 4.23. The Hall–Kier alpha value is -2.71. The van der Waals surface area contributed by atoms with Gasteiger partial charge in [-0.3, -0.25) is 9.48 Å². The van der Waals surface area contributed by atoms with E-state index in [1.807, 2.05) is 0 Å². The van der Waals surface area contributed by atoms with E-state index in [2.05, 4.69) is 16.6 Å². The van der Waals surface area contributed by atoms with Gasteiger partial charge in [0.05, 0.1) is 4.90 Å². The first-order chi connectivity index (χ1) is 15.4. The summed E-state index contributed by atoms with van der Waals surface area (Å²) in [4.78, 5) is 12.5. The molecule has 175 valence electrons. The lowest BCUT2D eigenvalue weighted by Gasteiger charge is -2.28. The lowest BCUT2D eigenvalue weighted by Crippen LogP contribution is -2.42. The normalized spacial score (nSPS) is 12.2. The summed E-state index contributed by atoms with van der Waals surface area (Å²) < 4.78 is 42.9. The van der Waals surface area contributed by atoms with Crippen LogP contribution in [0.4, 0.5) is 10.5 Å². The molecule has 0 saturated carbocycles. The van der Waals surface area contributed by atoms with Crippen molar-refractivity contribution in [2.45, 2.75) is 44.2 Å². The molecule has 1 unspecified atom stereocenters. The number of rotatable bonds is 7. The summed E-state index contributed by atoms with van der Waals surface area (Å²) in [7, 11) is -1.42. The average Bonchev–Trinajstić information content (AvgIpc) is 2.73. The lowest BCUT2D eigenvalue weighted by atomic mass is 10.2. The molecule has 2 aromatic rings. The number of nitrogens with zero attached hydrogens (tertiary/aromatic N) is 1. The molecule has 0 aromatic heterocycles. The van der Waals surface area contributed by atoms with E-state index in [-0.39, 0.29) is 4.90 Å². The van der Waals surface area contributed by atoms with Crippen molar-refractivity contribution in [2.75, 3.05) is 11.8 Å². The first-order valence-corrected chi connectivity index (χ1v) is 11.7. The number of nitrogens with one attached hydrogen (secondary N) is 1. The van der Waals surface area contributed by atoms with Crippen molar-refractivity contribution < 1.29 is 27.4 Å². The van der Waals surface area contributed by atoms with E-state index >= 15 is 0 Å². The maximum absolute atomic E-state index is 12.6. The van der Waals surface area contributed by atoms with Crippen LogP contribution >= 0.6 is 11.6 Å². The maximum Gasteiger partial charge on any atom is 0.514 e. The third-order valence-corrected chi connectivity index (χ3v) is 5.51. The number of carbonyl (C=O) groups excluding carboxylic acids is 1. The highest BCUT2D eigenvalue weighted by Crippen LogP contribution is 2.19. The molecule has 0 aliphatic heterocycles. The van der Waals surface area contributed by atoms with Gasteiger partial charge >= 0.3 is 13.8 Å². The Balaban J connectivity index is 2.13. The van der Waals surface area contributed by atoms with Crippen LogP contribution in [0.1, 0.15) is 33.3 Å². The minimum absolute atomic E-state index is 0.0736. The van der Waals surface area contributed by atoms with Crippen molar-refractivity contribution in [1.29, 1.82) is 0 Å². The van der Waals surface area contributed by atoms with E-state index in [9.17, 15) is 13.2 Å². The molecular formula is C22H25BClN2O6S. The number of sulfonamides is 1. The number of anilines is 1. The quantitative estimate of drug-likeness (QED) is 0.354. The second-order valence-corrected chi connectivity index (χ2v) is 9.94. The van der Waals surface area contributed by atoms with Crippen LogP contribution in [0.3, 0.4) is 0 Å². The number of hydrogen-bond acceptors (Lipinski definition) is 6. The van der Waals surface area contributed by atoms with Gasteiger partial charge in [0, 0.05) is 23.4 Å². The molecular weight excluding hydrogens is 467 g/mol. The Kier molecular flexibility index (Phi) is 9.20. The number of benzene rings is 2. The van der Waals surface area contributed by atoms with E-state index in [1.165, 1.54) is 19.2 Å². The fourth-order valence-electron chi connectivity index (χ4n) is 2.38. The standard InChI is InChI=1S/C22H25BClN2O6S/c1-16(26(32-23-30-5)21(27)31-22(2,3)4)6-7-17-8-14-20(15-9-17)33(28,29)25-19-12-10-18(24)11-13-19/h8-16,25H,1-5H3. The van der Waals surface area contributed by atoms with Crippen molar-refractivity contribution in [3.63, 3.8) is 0 Å². The topological polar surface area (TPSA) is 94.2 Å². The minimum atomic E-state index is -3.78. The lowest BCUT2D eigenvalue weighted by molar-refractivity contribution is -0.0904. The molecule has 0 bridgehead atoms. The molecule has 0 saturated heterocycles. The molecule has 0 spiro atoms. The highest BCUT2D eigenvalue weighted by Gasteiger charge is 2.26. The number of hydroxylamine groups is 2. The molecule has 8 nitrogen and oxygen atoms in total.